The van der Waals surface area contributed by atoms with Crippen LogP contribution in [0.2, 0.25) is 0 Å². The maximum absolute atomic E-state index is 12.2. The third-order valence-corrected chi connectivity index (χ3v) is 4.22. The maximum Gasteiger partial charge on any atom is 0.334 e. The van der Waals surface area contributed by atoms with Crippen LogP contribution in [0.15, 0.2) is 42.5 Å². The molecule has 2 aromatic carbocycles. The standard InChI is InChI=1S/C18H17N3O4/c1-11(13-9-5-7-12-6-3-4-8-14(12)13)19-15(22)10-21-17(24)16(23)20(2)18(21)25/h3-9,11H,10H2,1-2H3,(H,19,22)/t11-/m0/s1. The zero-order valence-corrected chi connectivity index (χ0v) is 13.9. The third kappa shape index (κ3) is 2.96. The van der Waals surface area contributed by atoms with Crippen LogP contribution in [-0.2, 0) is 14.4 Å². The molecule has 0 spiro atoms. The van der Waals surface area contributed by atoms with Gasteiger partial charge in [0.1, 0.15) is 6.54 Å². The van der Waals surface area contributed by atoms with Gasteiger partial charge < -0.3 is 5.32 Å². The highest BCUT2D eigenvalue weighted by atomic mass is 16.2. The molecule has 2 aromatic rings. The average molecular weight is 339 g/mol. The van der Waals surface area contributed by atoms with Crippen LogP contribution >= 0.6 is 0 Å². The SMILES string of the molecule is C[C@H](NC(=O)CN1C(=O)C(=O)N(C)C1=O)c1cccc2ccccc12. The number of carbonyl (C=O) groups is 4. The molecule has 3 rings (SSSR count). The minimum atomic E-state index is -0.986. The lowest BCUT2D eigenvalue weighted by molar-refractivity contribution is -0.143. The summed E-state index contributed by atoms with van der Waals surface area (Å²) in [6.07, 6.45) is 0. The van der Waals surface area contributed by atoms with E-state index >= 15 is 0 Å². The molecule has 0 radical (unpaired) electrons. The topological polar surface area (TPSA) is 86.8 Å². The van der Waals surface area contributed by atoms with Crippen LogP contribution < -0.4 is 5.32 Å². The quantitative estimate of drug-likeness (QED) is 0.674. The molecule has 0 unspecified atom stereocenters. The van der Waals surface area contributed by atoms with E-state index in [9.17, 15) is 19.2 Å². The van der Waals surface area contributed by atoms with Crippen LogP contribution in [0.1, 0.15) is 18.5 Å². The van der Waals surface area contributed by atoms with Crippen LogP contribution in [0, 0.1) is 0 Å². The molecule has 1 N–H and O–H groups in total. The van der Waals surface area contributed by atoms with Crippen molar-refractivity contribution < 1.29 is 19.2 Å². The molecule has 1 heterocycles. The molecule has 128 valence electrons. The first kappa shape index (κ1) is 16.6. The Balaban J connectivity index is 1.74. The van der Waals surface area contributed by atoms with Crippen molar-refractivity contribution in [2.45, 2.75) is 13.0 Å². The largest absolute Gasteiger partial charge is 0.348 e. The van der Waals surface area contributed by atoms with Crippen molar-refractivity contribution in [3.05, 3.63) is 48.0 Å². The number of likely N-dealkylation sites (N-methyl/N-ethyl adjacent to an activating group) is 1. The first-order valence-corrected chi connectivity index (χ1v) is 7.80. The highest BCUT2D eigenvalue weighted by Gasteiger charge is 2.43. The monoisotopic (exact) mass is 339 g/mol. The number of imide groups is 2. The van der Waals surface area contributed by atoms with Gasteiger partial charge in [-0.15, -0.1) is 0 Å². The molecule has 1 atom stereocenters. The molecular formula is C18H17N3O4. The molecular weight excluding hydrogens is 322 g/mol. The van der Waals surface area contributed by atoms with Gasteiger partial charge in [-0.2, -0.15) is 0 Å². The molecule has 1 fully saturated rings. The number of amides is 5. The Morgan fingerprint density at radius 1 is 1.04 bits per heavy atom. The van der Waals surface area contributed by atoms with E-state index in [-0.39, 0.29) is 6.04 Å². The van der Waals surface area contributed by atoms with Crippen LogP contribution in [0.25, 0.3) is 10.8 Å². The summed E-state index contributed by atoms with van der Waals surface area (Å²) in [6.45, 7) is 1.34. The number of benzene rings is 2. The van der Waals surface area contributed by atoms with Gasteiger partial charge in [0.05, 0.1) is 6.04 Å². The zero-order valence-electron chi connectivity index (χ0n) is 13.9. The Hall–Kier alpha value is -3.22. The van der Waals surface area contributed by atoms with Crippen molar-refractivity contribution >= 4 is 34.5 Å². The maximum atomic E-state index is 12.2. The summed E-state index contributed by atoms with van der Waals surface area (Å²) in [5, 5.41) is 4.84. The van der Waals surface area contributed by atoms with Gasteiger partial charge in [-0.05, 0) is 23.3 Å². The minimum absolute atomic E-state index is 0.320. The van der Waals surface area contributed by atoms with E-state index < -0.39 is 30.3 Å². The molecule has 25 heavy (non-hydrogen) atoms. The Kier molecular flexibility index (Phi) is 4.22. The van der Waals surface area contributed by atoms with Crippen molar-refractivity contribution in [1.82, 2.24) is 15.1 Å². The lowest BCUT2D eigenvalue weighted by Crippen LogP contribution is -2.41. The second-order valence-corrected chi connectivity index (χ2v) is 5.90. The summed E-state index contributed by atoms with van der Waals surface area (Å²) in [5.74, 6) is -2.43. The highest BCUT2D eigenvalue weighted by Crippen LogP contribution is 2.24. The summed E-state index contributed by atoms with van der Waals surface area (Å²) >= 11 is 0. The van der Waals surface area contributed by atoms with Crippen LogP contribution in [0.4, 0.5) is 4.79 Å². The Morgan fingerprint density at radius 3 is 2.40 bits per heavy atom. The van der Waals surface area contributed by atoms with Gasteiger partial charge in [-0.25, -0.2) is 9.69 Å². The summed E-state index contributed by atoms with van der Waals surface area (Å²) in [4.78, 5) is 48.6. The van der Waals surface area contributed by atoms with Crippen molar-refractivity contribution in [1.29, 1.82) is 0 Å². The molecule has 7 nitrogen and oxygen atoms in total. The second kappa shape index (κ2) is 6.35. The van der Waals surface area contributed by atoms with Gasteiger partial charge in [-0.1, -0.05) is 42.5 Å². The molecule has 0 aromatic heterocycles. The van der Waals surface area contributed by atoms with E-state index in [1.807, 2.05) is 49.4 Å². The van der Waals surface area contributed by atoms with Crippen LogP contribution in [-0.4, -0.2) is 47.1 Å². The summed E-state index contributed by atoms with van der Waals surface area (Å²) < 4.78 is 0. The minimum Gasteiger partial charge on any atom is -0.348 e. The number of nitrogens with one attached hydrogen (secondary N) is 1. The molecule has 0 aliphatic carbocycles. The van der Waals surface area contributed by atoms with E-state index in [0.717, 1.165) is 16.3 Å². The molecule has 0 saturated carbocycles. The first-order chi connectivity index (χ1) is 11.9. The van der Waals surface area contributed by atoms with E-state index in [4.69, 9.17) is 0 Å². The van der Waals surface area contributed by atoms with Gasteiger partial charge in [0.25, 0.3) is 0 Å². The Bertz CT molecular complexity index is 888. The number of hydrogen-bond donors (Lipinski definition) is 1. The van der Waals surface area contributed by atoms with Gasteiger partial charge in [-0.3, -0.25) is 19.3 Å². The fourth-order valence-corrected chi connectivity index (χ4v) is 2.89. The molecule has 5 amide bonds. The Labute approximate surface area is 144 Å². The number of urea groups is 1. The average Bonchev–Trinajstić information content (AvgIpc) is 2.79. The number of hydrogen-bond acceptors (Lipinski definition) is 4. The van der Waals surface area contributed by atoms with Crippen molar-refractivity contribution in [2.24, 2.45) is 0 Å². The van der Waals surface area contributed by atoms with Gasteiger partial charge >= 0.3 is 17.8 Å². The highest BCUT2D eigenvalue weighted by molar-refractivity contribution is 6.44. The van der Waals surface area contributed by atoms with Crippen molar-refractivity contribution in [3.63, 3.8) is 0 Å². The fourth-order valence-electron chi connectivity index (χ4n) is 2.89. The fraction of sp³-hybridized carbons (Fsp3) is 0.222. The van der Waals surface area contributed by atoms with Gasteiger partial charge in [0, 0.05) is 7.05 Å². The molecule has 1 saturated heterocycles. The number of fused-ring (bicyclic) bond motifs is 1. The van der Waals surface area contributed by atoms with Crippen molar-refractivity contribution in [2.75, 3.05) is 13.6 Å². The first-order valence-electron chi connectivity index (χ1n) is 7.80. The van der Waals surface area contributed by atoms with E-state index in [2.05, 4.69) is 5.32 Å². The van der Waals surface area contributed by atoms with Gasteiger partial charge in [0.2, 0.25) is 5.91 Å². The number of carbonyl (C=O) groups excluding carboxylic acids is 4. The van der Waals surface area contributed by atoms with Crippen LogP contribution in [0.3, 0.4) is 0 Å². The van der Waals surface area contributed by atoms with E-state index in [0.29, 0.717) is 9.80 Å². The zero-order chi connectivity index (χ0) is 18.1. The van der Waals surface area contributed by atoms with E-state index in [1.165, 1.54) is 7.05 Å². The number of nitrogens with zero attached hydrogens (tertiary/aromatic N) is 2. The normalized spacial score (nSPS) is 15.8. The molecule has 0 bridgehead atoms. The summed E-state index contributed by atoms with van der Waals surface area (Å²) in [5.41, 5.74) is 0.929. The lowest BCUT2D eigenvalue weighted by atomic mass is 10.00. The predicted octanol–water partition coefficient (Wildman–Crippen LogP) is 1.44. The molecule has 1 aliphatic rings. The second-order valence-electron chi connectivity index (χ2n) is 5.90. The predicted molar refractivity (Wildman–Crippen MR) is 90.4 cm³/mol. The number of rotatable bonds is 4. The lowest BCUT2D eigenvalue weighted by Gasteiger charge is -2.18. The third-order valence-electron chi connectivity index (χ3n) is 4.22. The van der Waals surface area contributed by atoms with Crippen molar-refractivity contribution in [3.8, 4) is 0 Å². The molecule has 1 aliphatic heterocycles. The molecule has 7 heteroatoms. The Morgan fingerprint density at radius 2 is 1.72 bits per heavy atom. The summed E-state index contributed by atoms with van der Waals surface area (Å²) in [6, 6.07) is 12.5. The van der Waals surface area contributed by atoms with E-state index in [1.54, 1.807) is 0 Å². The summed E-state index contributed by atoms with van der Waals surface area (Å²) in [7, 11) is 1.21. The smallest absolute Gasteiger partial charge is 0.334 e. The van der Waals surface area contributed by atoms with Crippen LogP contribution in [0.5, 0.6) is 0 Å². The van der Waals surface area contributed by atoms with Gasteiger partial charge in [0.15, 0.2) is 0 Å².